The molecule has 0 saturated carbocycles. The maximum Gasteiger partial charge on any atom is 0.242 e. The van der Waals surface area contributed by atoms with E-state index in [1.54, 1.807) is 0 Å². The van der Waals surface area contributed by atoms with E-state index in [1.165, 1.54) is 0 Å². The Kier molecular flexibility index (Phi) is 14.2. The summed E-state index contributed by atoms with van der Waals surface area (Å²) < 4.78 is 0. The van der Waals surface area contributed by atoms with Gasteiger partial charge in [-0.05, 0) is 25.2 Å². The molecule has 2 amide bonds. The van der Waals surface area contributed by atoms with Crippen molar-refractivity contribution in [1.82, 2.24) is 21.3 Å². The standard InChI is InChI=1S/C19H40N6O2/c1-14(2)8-5-6-11-23-18(27)16(9-7-12-24-19(20)21)25-17(26)10-13-22-15(3)4/h14-16,22H,5-13H2,1-4H3,(H,23,27)(H,25,26)(H4,20,21,24)/t16-/m1/s1. The van der Waals surface area contributed by atoms with Crippen molar-refractivity contribution in [2.45, 2.75) is 78.3 Å². The van der Waals surface area contributed by atoms with Crippen LogP contribution in [0.2, 0.25) is 0 Å². The van der Waals surface area contributed by atoms with Crippen LogP contribution in [-0.4, -0.2) is 49.5 Å². The predicted molar refractivity (Wildman–Crippen MR) is 111 cm³/mol. The van der Waals surface area contributed by atoms with Crippen LogP contribution in [0.5, 0.6) is 0 Å². The molecule has 0 rings (SSSR count). The third kappa shape index (κ3) is 16.1. The SMILES string of the molecule is CC(C)CCCCNC(=O)[C@@H](CCCNC(=N)N)NC(=O)CCNC(C)C. The van der Waals surface area contributed by atoms with Crippen molar-refractivity contribution in [3.05, 3.63) is 0 Å². The topological polar surface area (TPSA) is 132 Å². The summed E-state index contributed by atoms with van der Waals surface area (Å²) in [5.41, 5.74) is 5.26. The first-order valence-corrected chi connectivity index (χ1v) is 10.1. The van der Waals surface area contributed by atoms with E-state index in [0.29, 0.717) is 50.9 Å². The summed E-state index contributed by atoms with van der Waals surface area (Å²) >= 11 is 0. The molecule has 0 radical (unpaired) electrons. The van der Waals surface area contributed by atoms with Gasteiger partial charge in [0.25, 0.3) is 0 Å². The van der Waals surface area contributed by atoms with Crippen molar-refractivity contribution >= 4 is 17.8 Å². The fraction of sp³-hybridized carbons (Fsp3) is 0.842. The second kappa shape index (κ2) is 15.2. The van der Waals surface area contributed by atoms with Crippen LogP contribution in [-0.2, 0) is 9.59 Å². The molecule has 0 aliphatic heterocycles. The largest absolute Gasteiger partial charge is 0.370 e. The molecule has 158 valence electrons. The molecule has 0 unspecified atom stereocenters. The summed E-state index contributed by atoms with van der Waals surface area (Å²) in [5, 5.41) is 18.8. The van der Waals surface area contributed by atoms with Crippen molar-refractivity contribution in [1.29, 1.82) is 5.41 Å². The van der Waals surface area contributed by atoms with E-state index in [4.69, 9.17) is 11.1 Å². The van der Waals surface area contributed by atoms with Gasteiger partial charge in [0.15, 0.2) is 5.96 Å². The molecule has 0 saturated heterocycles. The molecule has 8 nitrogen and oxygen atoms in total. The lowest BCUT2D eigenvalue weighted by Gasteiger charge is -2.19. The summed E-state index contributed by atoms with van der Waals surface area (Å²) in [5.74, 6) is 0.293. The number of guanidine groups is 1. The van der Waals surface area contributed by atoms with E-state index in [-0.39, 0.29) is 17.8 Å². The molecule has 0 aromatic carbocycles. The van der Waals surface area contributed by atoms with Gasteiger partial charge in [-0.15, -0.1) is 0 Å². The zero-order valence-electron chi connectivity index (χ0n) is 17.5. The first kappa shape index (κ1) is 25.2. The van der Waals surface area contributed by atoms with Crippen LogP contribution >= 0.6 is 0 Å². The molecule has 0 aromatic heterocycles. The Bertz CT molecular complexity index is 440. The van der Waals surface area contributed by atoms with Crippen molar-refractivity contribution in [3.8, 4) is 0 Å². The van der Waals surface area contributed by atoms with E-state index < -0.39 is 6.04 Å². The molecule has 7 N–H and O–H groups in total. The summed E-state index contributed by atoms with van der Waals surface area (Å²) in [7, 11) is 0. The van der Waals surface area contributed by atoms with Crippen LogP contribution in [0.4, 0.5) is 0 Å². The molecule has 27 heavy (non-hydrogen) atoms. The van der Waals surface area contributed by atoms with Crippen LogP contribution in [0, 0.1) is 11.3 Å². The number of hydrogen-bond acceptors (Lipinski definition) is 4. The first-order valence-electron chi connectivity index (χ1n) is 10.1. The number of nitrogens with two attached hydrogens (primary N) is 1. The van der Waals surface area contributed by atoms with Crippen molar-refractivity contribution in [2.75, 3.05) is 19.6 Å². The highest BCUT2D eigenvalue weighted by Gasteiger charge is 2.20. The number of carbonyl (C=O) groups excluding carboxylic acids is 2. The van der Waals surface area contributed by atoms with Crippen molar-refractivity contribution in [2.24, 2.45) is 11.7 Å². The monoisotopic (exact) mass is 384 g/mol. The Labute approximate surface area is 164 Å². The van der Waals surface area contributed by atoms with Gasteiger partial charge in [0.2, 0.25) is 11.8 Å². The van der Waals surface area contributed by atoms with Gasteiger partial charge in [-0.1, -0.05) is 40.5 Å². The van der Waals surface area contributed by atoms with Gasteiger partial charge in [0.1, 0.15) is 6.04 Å². The van der Waals surface area contributed by atoms with Crippen LogP contribution in [0.15, 0.2) is 0 Å². The van der Waals surface area contributed by atoms with E-state index in [2.05, 4.69) is 35.1 Å². The molecule has 0 bridgehead atoms. The van der Waals surface area contributed by atoms with Gasteiger partial charge in [0.05, 0.1) is 0 Å². The van der Waals surface area contributed by atoms with Crippen LogP contribution < -0.4 is 27.0 Å². The normalized spacial score (nSPS) is 12.1. The Morgan fingerprint density at radius 3 is 2.19 bits per heavy atom. The van der Waals surface area contributed by atoms with E-state index in [9.17, 15) is 9.59 Å². The Morgan fingerprint density at radius 1 is 0.926 bits per heavy atom. The fourth-order valence-electron chi connectivity index (χ4n) is 2.55. The minimum absolute atomic E-state index is 0.0926. The van der Waals surface area contributed by atoms with Crippen LogP contribution in [0.25, 0.3) is 0 Å². The summed E-state index contributed by atoms with van der Waals surface area (Å²) in [6.45, 7) is 10.1. The van der Waals surface area contributed by atoms with Crippen molar-refractivity contribution < 1.29 is 9.59 Å². The van der Waals surface area contributed by atoms with E-state index in [0.717, 1.165) is 19.3 Å². The zero-order chi connectivity index (χ0) is 20.7. The number of nitrogens with one attached hydrogen (secondary N) is 5. The molecule has 0 heterocycles. The number of hydrogen-bond donors (Lipinski definition) is 6. The molecule has 0 aliphatic carbocycles. The molecular formula is C19H40N6O2. The quantitative estimate of drug-likeness (QED) is 0.143. The van der Waals surface area contributed by atoms with Gasteiger partial charge < -0.3 is 27.0 Å². The lowest BCUT2D eigenvalue weighted by molar-refractivity contribution is -0.129. The highest BCUT2D eigenvalue weighted by molar-refractivity contribution is 5.87. The number of rotatable bonds is 15. The molecule has 1 atom stereocenters. The summed E-state index contributed by atoms with van der Waals surface area (Å²) in [6.07, 6.45) is 4.64. The number of carbonyl (C=O) groups is 2. The van der Waals surface area contributed by atoms with Gasteiger partial charge in [-0.2, -0.15) is 0 Å². The third-order valence-corrected chi connectivity index (χ3v) is 4.05. The third-order valence-electron chi connectivity index (χ3n) is 4.05. The van der Waals surface area contributed by atoms with Gasteiger partial charge in [0, 0.05) is 32.1 Å². The average molecular weight is 385 g/mol. The first-order chi connectivity index (χ1) is 12.7. The molecule has 8 heteroatoms. The molecule has 0 fully saturated rings. The number of unbranched alkanes of at least 4 members (excludes halogenated alkanes) is 1. The maximum atomic E-state index is 12.5. The minimum atomic E-state index is -0.560. The van der Waals surface area contributed by atoms with E-state index >= 15 is 0 Å². The molecule has 0 aromatic rings. The predicted octanol–water partition coefficient (Wildman–Crippen LogP) is 1.07. The Hall–Kier alpha value is -1.83. The molecular weight excluding hydrogens is 344 g/mol. The smallest absolute Gasteiger partial charge is 0.242 e. The maximum absolute atomic E-state index is 12.5. The minimum Gasteiger partial charge on any atom is -0.370 e. The molecule has 0 aliphatic rings. The highest BCUT2D eigenvalue weighted by Crippen LogP contribution is 2.05. The molecule has 0 spiro atoms. The Balaban J connectivity index is 4.37. The van der Waals surface area contributed by atoms with E-state index in [1.807, 2.05) is 13.8 Å². The highest BCUT2D eigenvalue weighted by atomic mass is 16.2. The van der Waals surface area contributed by atoms with Crippen LogP contribution in [0.1, 0.15) is 66.2 Å². The zero-order valence-corrected chi connectivity index (χ0v) is 17.5. The Morgan fingerprint density at radius 2 is 1.59 bits per heavy atom. The van der Waals surface area contributed by atoms with Crippen LogP contribution in [0.3, 0.4) is 0 Å². The fourth-order valence-corrected chi connectivity index (χ4v) is 2.55. The van der Waals surface area contributed by atoms with Gasteiger partial charge in [-0.25, -0.2) is 0 Å². The average Bonchev–Trinajstić information content (AvgIpc) is 2.56. The number of amides is 2. The lowest BCUT2D eigenvalue weighted by Crippen LogP contribution is -2.48. The second-order valence-corrected chi connectivity index (χ2v) is 7.64. The lowest BCUT2D eigenvalue weighted by atomic mass is 10.1. The summed E-state index contributed by atoms with van der Waals surface area (Å²) in [4.78, 5) is 24.6. The van der Waals surface area contributed by atoms with Gasteiger partial charge in [-0.3, -0.25) is 15.0 Å². The summed E-state index contributed by atoms with van der Waals surface area (Å²) in [6, 6.07) is -0.240. The van der Waals surface area contributed by atoms with Crippen molar-refractivity contribution in [3.63, 3.8) is 0 Å². The van der Waals surface area contributed by atoms with Gasteiger partial charge >= 0.3 is 0 Å². The second-order valence-electron chi connectivity index (χ2n) is 7.64.